The number of hydrogen-bond acceptors (Lipinski definition) is 8. The van der Waals surface area contributed by atoms with Crippen LogP contribution in [0, 0.1) is 17.1 Å². The van der Waals surface area contributed by atoms with Gasteiger partial charge < -0.3 is 19.1 Å². The van der Waals surface area contributed by atoms with Crippen LogP contribution in [0.5, 0.6) is 0 Å². The van der Waals surface area contributed by atoms with E-state index < -0.39 is 21.7 Å². The highest BCUT2D eigenvalue weighted by atomic mass is 32.2. The van der Waals surface area contributed by atoms with Gasteiger partial charge in [0.15, 0.2) is 5.58 Å². The lowest BCUT2D eigenvalue weighted by Gasteiger charge is -2.34. The van der Waals surface area contributed by atoms with Crippen molar-refractivity contribution in [3.8, 4) is 17.4 Å². The Balaban J connectivity index is 1.50. The molecule has 1 atom stereocenters. The molecule has 0 radical (unpaired) electrons. The number of piperidine rings is 1. The summed E-state index contributed by atoms with van der Waals surface area (Å²) >= 11 is 0. The first-order valence-electron chi connectivity index (χ1n) is 13.7. The molecule has 6 rings (SSSR count). The highest BCUT2D eigenvalue weighted by Gasteiger charge is 2.31. The van der Waals surface area contributed by atoms with Crippen molar-refractivity contribution >= 4 is 49.7 Å². The van der Waals surface area contributed by atoms with Crippen LogP contribution < -0.4 is 14.5 Å². The number of carbonyl (C=O) groups excluding carboxylic acids is 1. The van der Waals surface area contributed by atoms with Crippen molar-refractivity contribution in [3.05, 3.63) is 77.1 Å². The van der Waals surface area contributed by atoms with Crippen molar-refractivity contribution in [1.82, 2.24) is 10.3 Å². The van der Waals surface area contributed by atoms with E-state index in [2.05, 4.69) is 16.4 Å². The first-order valence-corrected chi connectivity index (χ1v) is 15.5. The third-order valence-corrected chi connectivity index (χ3v) is 9.09. The lowest BCUT2D eigenvalue weighted by Crippen LogP contribution is -2.35. The fourth-order valence-corrected chi connectivity index (χ4v) is 6.16. The number of benzene rings is 3. The van der Waals surface area contributed by atoms with Gasteiger partial charge in [0.25, 0.3) is 11.9 Å². The summed E-state index contributed by atoms with van der Waals surface area (Å²) in [7, 11) is -0.668. The Labute approximate surface area is 247 Å². The maximum absolute atomic E-state index is 13.7. The number of nitrogens with zero attached hydrogens (tertiary/aromatic N) is 4. The Kier molecular flexibility index (Phi) is 7.06. The second kappa shape index (κ2) is 10.7. The average Bonchev–Trinajstić information content (AvgIpc) is 3.61. The number of furan rings is 1. The van der Waals surface area contributed by atoms with Crippen LogP contribution in [0.25, 0.3) is 33.4 Å². The van der Waals surface area contributed by atoms with Crippen molar-refractivity contribution < 1.29 is 26.4 Å². The van der Waals surface area contributed by atoms with Crippen LogP contribution in [-0.4, -0.2) is 52.7 Å². The Morgan fingerprint density at radius 1 is 1.16 bits per heavy atom. The van der Waals surface area contributed by atoms with Crippen LogP contribution in [0.4, 0.5) is 16.1 Å². The van der Waals surface area contributed by atoms with Gasteiger partial charge in [0.05, 0.1) is 23.1 Å². The van der Waals surface area contributed by atoms with Crippen molar-refractivity contribution in [2.45, 2.75) is 18.8 Å². The summed E-state index contributed by atoms with van der Waals surface area (Å²) in [4.78, 5) is 19.8. The summed E-state index contributed by atoms with van der Waals surface area (Å²) in [5.74, 6) is -0.724. The molecule has 1 N–H and O–H groups in total. The predicted octanol–water partition coefficient (Wildman–Crippen LogP) is 5.39. The molecule has 0 unspecified atom stereocenters. The number of hydrogen-bond donors (Lipinski definition) is 1. The number of carbonyl (C=O) groups is 1. The van der Waals surface area contributed by atoms with Gasteiger partial charge in [0.2, 0.25) is 10.0 Å². The molecular formula is C31H28FN5O5S. The van der Waals surface area contributed by atoms with E-state index >= 15 is 0 Å². The molecule has 1 aliphatic heterocycles. The average molecular weight is 602 g/mol. The molecule has 12 heteroatoms. The second-order valence-electron chi connectivity index (χ2n) is 10.6. The van der Waals surface area contributed by atoms with Gasteiger partial charge >= 0.3 is 0 Å². The number of rotatable bonds is 6. The number of nitriles is 1. The molecule has 10 nitrogen and oxygen atoms in total. The molecular weight excluding hydrogens is 573 g/mol. The van der Waals surface area contributed by atoms with Gasteiger partial charge in [-0.15, -0.1) is 0 Å². The molecule has 0 spiro atoms. The van der Waals surface area contributed by atoms with Gasteiger partial charge in [-0.05, 0) is 60.9 Å². The maximum atomic E-state index is 13.7. The number of aromatic nitrogens is 1. The van der Waals surface area contributed by atoms with Crippen molar-refractivity contribution in [1.29, 1.82) is 5.26 Å². The normalized spacial score (nSPS) is 15.5. The summed E-state index contributed by atoms with van der Waals surface area (Å²) in [6, 6.07) is 16.8. The van der Waals surface area contributed by atoms with Gasteiger partial charge in [0.1, 0.15) is 28.7 Å². The summed E-state index contributed by atoms with van der Waals surface area (Å²) in [5, 5.41) is 12.7. The van der Waals surface area contributed by atoms with Crippen molar-refractivity contribution in [2.24, 2.45) is 0 Å². The minimum Gasteiger partial charge on any atom is -0.455 e. The van der Waals surface area contributed by atoms with Gasteiger partial charge in [0, 0.05) is 50.1 Å². The van der Waals surface area contributed by atoms with E-state index in [0.29, 0.717) is 58.0 Å². The smallest absolute Gasteiger partial charge is 0.298 e. The fourth-order valence-electron chi connectivity index (χ4n) is 5.65. The minimum absolute atomic E-state index is 0.162. The molecule has 3 heterocycles. The summed E-state index contributed by atoms with van der Waals surface area (Å²) in [6.07, 6.45) is 2.64. The highest BCUT2D eigenvalue weighted by Crippen LogP contribution is 2.42. The Hall–Kier alpha value is -4.89. The first-order chi connectivity index (χ1) is 20.6. The minimum atomic E-state index is -3.66. The zero-order chi connectivity index (χ0) is 30.5. The first kappa shape index (κ1) is 28.2. The molecule has 1 aliphatic rings. The van der Waals surface area contributed by atoms with Crippen molar-refractivity contribution in [3.63, 3.8) is 0 Å². The van der Waals surface area contributed by atoms with Crippen LogP contribution in [0.15, 0.2) is 63.4 Å². The quantitative estimate of drug-likeness (QED) is 0.274. The van der Waals surface area contributed by atoms with E-state index in [1.54, 1.807) is 24.3 Å². The third kappa shape index (κ3) is 5.06. The van der Waals surface area contributed by atoms with E-state index in [1.165, 1.54) is 42.7 Å². The molecule has 5 aromatic rings. The molecule has 0 bridgehead atoms. The Morgan fingerprint density at radius 2 is 1.93 bits per heavy atom. The van der Waals surface area contributed by atoms with Crippen LogP contribution in [-0.2, 0) is 10.0 Å². The number of nitrogens with one attached hydrogen (secondary N) is 1. The molecule has 1 fully saturated rings. The number of halogens is 1. The van der Waals surface area contributed by atoms with Gasteiger partial charge in [-0.2, -0.15) is 10.2 Å². The highest BCUT2D eigenvalue weighted by molar-refractivity contribution is 7.92. The van der Waals surface area contributed by atoms with E-state index in [0.717, 1.165) is 24.7 Å². The standard InChI is InChI=1S/C31H28FN5O5S/c1-34-30(38)27-23-14-22(20-7-5-13-37(17-20)31-35-28-19(16-33)6-4-8-25(28)42-31)24(36(2)43(3,39)40)15-26(23)41-29(27)18-9-11-21(32)12-10-18/h4,6,8-12,14-15,20H,5,7,13,17H2,1-3H3,(H,34,38)/t20-/m0/s1. The zero-order valence-electron chi connectivity index (χ0n) is 23.7. The number of para-hydroxylation sites is 1. The lowest BCUT2D eigenvalue weighted by atomic mass is 9.88. The Bertz CT molecular complexity index is 2030. The molecule has 0 aliphatic carbocycles. The van der Waals surface area contributed by atoms with Crippen LogP contribution in [0.1, 0.15) is 40.2 Å². The molecule has 43 heavy (non-hydrogen) atoms. The summed E-state index contributed by atoms with van der Waals surface area (Å²) in [6.45, 7) is 1.12. The monoisotopic (exact) mass is 601 g/mol. The lowest BCUT2D eigenvalue weighted by molar-refractivity contribution is 0.0964. The predicted molar refractivity (Wildman–Crippen MR) is 161 cm³/mol. The number of amides is 1. The molecule has 2 aromatic heterocycles. The van der Waals surface area contributed by atoms with Gasteiger partial charge in [-0.25, -0.2) is 12.8 Å². The number of anilines is 2. The number of fused-ring (bicyclic) bond motifs is 2. The summed E-state index contributed by atoms with van der Waals surface area (Å²) < 4.78 is 52.6. The van der Waals surface area contributed by atoms with E-state index in [1.807, 2.05) is 11.0 Å². The van der Waals surface area contributed by atoms with Crippen LogP contribution in [0.3, 0.4) is 0 Å². The number of sulfonamides is 1. The van der Waals surface area contributed by atoms with Crippen LogP contribution >= 0.6 is 0 Å². The SMILES string of the molecule is CNC(=O)c1c(-c2ccc(F)cc2)oc2cc(N(C)S(C)(=O)=O)c([C@H]3CCCN(c4nc5c(C#N)cccc5o4)C3)cc12. The molecule has 3 aromatic carbocycles. The third-order valence-electron chi connectivity index (χ3n) is 7.89. The van der Waals surface area contributed by atoms with Gasteiger partial charge in [-0.3, -0.25) is 9.10 Å². The van der Waals surface area contributed by atoms with Crippen LogP contribution in [0.2, 0.25) is 0 Å². The van der Waals surface area contributed by atoms with Gasteiger partial charge in [-0.1, -0.05) is 6.07 Å². The Morgan fingerprint density at radius 3 is 2.63 bits per heavy atom. The zero-order valence-corrected chi connectivity index (χ0v) is 24.5. The number of oxazole rings is 1. The van der Waals surface area contributed by atoms with E-state index in [9.17, 15) is 22.9 Å². The maximum Gasteiger partial charge on any atom is 0.298 e. The largest absolute Gasteiger partial charge is 0.455 e. The molecule has 220 valence electrons. The molecule has 1 amide bonds. The van der Waals surface area contributed by atoms with E-state index in [-0.39, 0.29) is 17.2 Å². The topological polar surface area (TPSA) is 133 Å². The second-order valence-corrected chi connectivity index (χ2v) is 12.6. The molecule has 1 saturated heterocycles. The van der Waals surface area contributed by atoms with E-state index in [4.69, 9.17) is 8.83 Å². The molecule has 0 saturated carbocycles. The summed E-state index contributed by atoms with van der Waals surface area (Å²) in [5.41, 5.74) is 3.66. The fraction of sp³-hybridized carbons (Fsp3) is 0.258. The van der Waals surface area contributed by atoms with Crippen molar-refractivity contribution in [2.75, 3.05) is 42.6 Å².